The van der Waals surface area contributed by atoms with Gasteiger partial charge in [0.25, 0.3) is 0 Å². The molecule has 124 valence electrons. The fourth-order valence-electron chi connectivity index (χ4n) is 1.96. The van der Waals surface area contributed by atoms with E-state index in [0.717, 1.165) is 6.29 Å². The number of unbranched alkanes of at least 4 members (excludes halogenated alkanes) is 2. The average molecular weight is 319 g/mol. The molecule has 0 aromatic heterocycles. The van der Waals surface area contributed by atoms with Crippen LogP contribution in [0.1, 0.15) is 37.3 Å². The first kappa shape index (κ1) is 18.3. The van der Waals surface area contributed by atoms with Crippen molar-refractivity contribution in [1.29, 1.82) is 0 Å². The predicted octanol–water partition coefficient (Wildman–Crippen LogP) is 0.205. The van der Waals surface area contributed by atoms with Crippen LogP contribution in [0.25, 0.3) is 0 Å². The molecule has 0 saturated carbocycles. The molecule has 0 radical (unpaired) electrons. The van der Waals surface area contributed by atoms with Crippen molar-refractivity contribution >= 4 is 24.0 Å². The average Bonchev–Trinajstić information content (AvgIpc) is 2.55. The third-order valence-electron chi connectivity index (χ3n) is 3.14. The number of amides is 3. The largest absolute Gasteiger partial charge is 0.368 e. The van der Waals surface area contributed by atoms with Crippen LogP contribution in [0.2, 0.25) is 0 Å². The Bertz CT molecular complexity index is 546. The van der Waals surface area contributed by atoms with Crippen molar-refractivity contribution in [1.82, 2.24) is 10.6 Å². The minimum absolute atomic E-state index is 0.233. The summed E-state index contributed by atoms with van der Waals surface area (Å²) in [6.07, 6.45) is 2.70. The number of aldehydes is 1. The second-order valence-corrected chi connectivity index (χ2v) is 5.00. The number of hydrogen-bond acceptors (Lipinski definition) is 4. The Balaban J connectivity index is 2.40. The molecule has 1 aromatic carbocycles. The van der Waals surface area contributed by atoms with Gasteiger partial charge < -0.3 is 21.2 Å². The monoisotopic (exact) mass is 319 g/mol. The maximum absolute atomic E-state index is 11.8. The minimum Gasteiger partial charge on any atom is -0.368 e. The molecule has 23 heavy (non-hydrogen) atoms. The molecular formula is C16H21N3O4. The maximum Gasteiger partial charge on any atom is 0.244 e. The Morgan fingerprint density at radius 1 is 1.09 bits per heavy atom. The van der Waals surface area contributed by atoms with Crippen molar-refractivity contribution in [2.45, 2.75) is 31.7 Å². The van der Waals surface area contributed by atoms with Crippen LogP contribution in [0.4, 0.5) is 0 Å². The Morgan fingerprint density at radius 3 is 2.39 bits per heavy atom. The minimum atomic E-state index is -0.937. The van der Waals surface area contributed by atoms with Crippen molar-refractivity contribution in [3.05, 3.63) is 35.9 Å². The molecule has 4 N–H and O–H groups in total. The number of primary amides is 1. The number of carbonyl (C=O) groups is 4. The molecule has 7 heteroatoms. The lowest BCUT2D eigenvalue weighted by molar-refractivity contribution is -0.128. The van der Waals surface area contributed by atoms with E-state index in [2.05, 4.69) is 10.6 Å². The predicted molar refractivity (Wildman–Crippen MR) is 84.1 cm³/mol. The highest BCUT2D eigenvalue weighted by Crippen LogP contribution is 2.11. The molecule has 0 saturated heterocycles. The summed E-state index contributed by atoms with van der Waals surface area (Å²) < 4.78 is 0. The highest BCUT2D eigenvalue weighted by molar-refractivity contribution is 5.90. The number of carbonyl (C=O) groups excluding carboxylic acids is 4. The highest BCUT2D eigenvalue weighted by atomic mass is 16.2. The molecule has 1 rings (SSSR count). The normalized spacial score (nSPS) is 11.3. The number of nitrogens with two attached hydrogens (primary N) is 1. The zero-order chi connectivity index (χ0) is 17.1. The summed E-state index contributed by atoms with van der Waals surface area (Å²) in [5.41, 5.74) is 5.88. The van der Waals surface area contributed by atoms with E-state index in [4.69, 9.17) is 5.73 Å². The summed E-state index contributed by atoms with van der Waals surface area (Å²) >= 11 is 0. The number of rotatable bonds is 10. The summed E-state index contributed by atoms with van der Waals surface area (Å²) in [4.78, 5) is 45.0. The first-order valence-electron chi connectivity index (χ1n) is 7.38. The van der Waals surface area contributed by atoms with Crippen LogP contribution in [-0.2, 0) is 19.2 Å². The van der Waals surface area contributed by atoms with E-state index in [1.165, 1.54) is 0 Å². The molecule has 0 heterocycles. The van der Waals surface area contributed by atoms with Gasteiger partial charge in [0.05, 0.1) is 6.54 Å². The van der Waals surface area contributed by atoms with Gasteiger partial charge in [0.2, 0.25) is 17.7 Å². The van der Waals surface area contributed by atoms with E-state index in [1.54, 1.807) is 30.3 Å². The Morgan fingerprint density at radius 2 is 1.78 bits per heavy atom. The van der Waals surface area contributed by atoms with Crippen molar-refractivity contribution in [2.24, 2.45) is 5.73 Å². The van der Waals surface area contributed by atoms with Gasteiger partial charge in [-0.2, -0.15) is 0 Å². The van der Waals surface area contributed by atoms with Gasteiger partial charge in [-0.1, -0.05) is 30.3 Å². The molecule has 0 aliphatic rings. The fraction of sp³-hybridized carbons (Fsp3) is 0.375. The van der Waals surface area contributed by atoms with E-state index in [9.17, 15) is 19.2 Å². The molecule has 1 unspecified atom stereocenters. The van der Waals surface area contributed by atoms with Crippen LogP contribution < -0.4 is 16.4 Å². The van der Waals surface area contributed by atoms with Crippen molar-refractivity contribution < 1.29 is 19.2 Å². The van der Waals surface area contributed by atoms with Gasteiger partial charge >= 0.3 is 0 Å². The molecule has 1 aromatic rings. The van der Waals surface area contributed by atoms with Gasteiger partial charge in [-0.3, -0.25) is 14.4 Å². The molecule has 0 bridgehead atoms. The lowest BCUT2D eigenvalue weighted by atomic mass is 10.1. The van der Waals surface area contributed by atoms with E-state index < -0.39 is 17.9 Å². The first-order valence-corrected chi connectivity index (χ1v) is 7.38. The van der Waals surface area contributed by atoms with Gasteiger partial charge in [-0.15, -0.1) is 0 Å². The third-order valence-corrected chi connectivity index (χ3v) is 3.14. The van der Waals surface area contributed by atoms with E-state index in [0.29, 0.717) is 24.8 Å². The second kappa shape index (κ2) is 10.1. The molecule has 0 spiro atoms. The maximum atomic E-state index is 11.8. The summed E-state index contributed by atoms with van der Waals surface area (Å²) in [6, 6.07) is 7.68. The molecule has 0 aliphatic carbocycles. The number of benzene rings is 1. The molecule has 7 nitrogen and oxygen atoms in total. The first-order chi connectivity index (χ1) is 11.0. The molecular weight excluding hydrogens is 298 g/mol. The fourth-order valence-corrected chi connectivity index (χ4v) is 1.96. The van der Waals surface area contributed by atoms with Gasteiger partial charge in [0.15, 0.2) is 0 Å². The summed E-state index contributed by atoms with van der Waals surface area (Å²) in [5, 5.41) is 4.95. The topological polar surface area (TPSA) is 118 Å². The van der Waals surface area contributed by atoms with Crippen LogP contribution in [0.3, 0.4) is 0 Å². The molecule has 0 fully saturated rings. The van der Waals surface area contributed by atoms with Crippen LogP contribution >= 0.6 is 0 Å². The van der Waals surface area contributed by atoms with E-state index >= 15 is 0 Å². The lowest BCUT2D eigenvalue weighted by Crippen LogP contribution is -2.42. The molecule has 1 atom stereocenters. The van der Waals surface area contributed by atoms with Crippen molar-refractivity contribution in [3.8, 4) is 0 Å². The van der Waals surface area contributed by atoms with Crippen LogP contribution in [-0.4, -0.2) is 30.6 Å². The second-order valence-electron chi connectivity index (χ2n) is 5.00. The summed E-state index contributed by atoms with van der Waals surface area (Å²) in [5.74, 6) is -1.45. The van der Waals surface area contributed by atoms with E-state index in [-0.39, 0.29) is 18.9 Å². The highest BCUT2D eigenvalue weighted by Gasteiger charge is 2.19. The zero-order valence-corrected chi connectivity index (χ0v) is 12.8. The Hall–Kier alpha value is -2.70. The lowest BCUT2D eigenvalue weighted by Gasteiger charge is -2.16. The summed E-state index contributed by atoms with van der Waals surface area (Å²) in [7, 11) is 0. The van der Waals surface area contributed by atoms with Crippen LogP contribution in [0.5, 0.6) is 0 Å². The molecule has 3 amide bonds. The quantitative estimate of drug-likeness (QED) is 0.422. The van der Waals surface area contributed by atoms with Crippen LogP contribution in [0, 0.1) is 0 Å². The van der Waals surface area contributed by atoms with Gasteiger partial charge in [0.1, 0.15) is 12.3 Å². The number of hydrogen-bond donors (Lipinski definition) is 3. The summed E-state index contributed by atoms with van der Waals surface area (Å²) in [6.45, 7) is -0.233. The smallest absolute Gasteiger partial charge is 0.244 e. The van der Waals surface area contributed by atoms with E-state index in [1.807, 2.05) is 0 Å². The third kappa shape index (κ3) is 7.21. The van der Waals surface area contributed by atoms with Gasteiger partial charge in [0, 0.05) is 12.8 Å². The van der Waals surface area contributed by atoms with Crippen LogP contribution in [0.15, 0.2) is 30.3 Å². The van der Waals surface area contributed by atoms with Gasteiger partial charge in [-0.25, -0.2) is 0 Å². The standard InChI is InChI=1S/C16H21N3O4/c17-16(23)15(12-7-3-1-4-8-12)19-14(22)11-18-13(21)9-5-2-6-10-20/h1,3-4,7-8,10,15H,2,5-6,9,11H2,(H2,17,23)(H,18,21)(H,19,22). The van der Waals surface area contributed by atoms with Gasteiger partial charge in [-0.05, 0) is 18.4 Å². The number of nitrogens with one attached hydrogen (secondary N) is 2. The Labute approximate surface area is 134 Å². The molecule has 0 aliphatic heterocycles. The zero-order valence-electron chi connectivity index (χ0n) is 12.8. The van der Waals surface area contributed by atoms with Crippen molar-refractivity contribution in [2.75, 3.05) is 6.54 Å². The Kier molecular flexibility index (Phi) is 8.06. The van der Waals surface area contributed by atoms with Crippen molar-refractivity contribution in [3.63, 3.8) is 0 Å². The SMILES string of the molecule is NC(=O)C(NC(=O)CNC(=O)CCCCC=O)c1ccccc1.